The van der Waals surface area contributed by atoms with Crippen LogP contribution >= 0.6 is 11.6 Å². The van der Waals surface area contributed by atoms with Gasteiger partial charge in [0.05, 0.1) is 16.5 Å². The average Bonchev–Trinajstić information content (AvgIpc) is 3.19. The fourth-order valence-corrected chi connectivity index (χ4v) is 4.96. The molecule has 0 amide bonds. The zero-order valence-electron chi connectivity index (χ0n) is 15.5. The van der Waals surface area contributed by atoms with Gasteiger partial charge in [0.1, 0.15) is 11.5 Å². The number of halogens is 2. The molecular formula is C20H19ClFN3O3S. The molecule has 0 saturated carbocycles. The van der Waals surface area contributed by atoms with Crippen LogP contribution in [0.25, 0.3) is 11.3 Å². The van der Waals surface area contributed by atoms with E-state index < -0.39 is 15.8 Å². The van der Waals surface area contributed by atoms with E-state index in [1.807, 2.05) is 36.4 Å². The highest BCUT2D eigenvalue weighted by Gasteiger charge is 2.29. The van der Waals surface area contributed by atoms with Gasteiger partial charge in [-0.2, -0.15) is 4.31 Å². The molecule has 1 saturated heterocycles. The topological polar surface area (TPSA) is 66.7 Å². The summed E-state index contributed by atoms with van der Waals surface area (Å²) >= 11 is 5.74. The van der Waals surface area contributed by atoms with Gasteiger partial charge >= 0.3 is 0 Å². The second kappa shape index (κ2) is 8.23. The lowest BCUT2D eigenvalue weighted by atomic mass is 10.1. The van der Waals surface area contributed by atoms with E-state index in [0.717, 1.165) is 29.2 Å². The molecule has 2 heterocycles. The van der Waals surface area contributed by atoms with E-state index in [4.69, 9.17) is 16.1 Å². The summed E-state index contributed by atoms with van der Waals surface area (Å²) in [7, 11) is -3.71. The Balaban J connectivity index is 1.38. The molecule has 0 bridgehead atoms. The number of rotatable bonds is 5. The number of piperazine rings is 1. The summed E-state index contributed by atoms with van der Waals surface area (Å²) in [6, 6.07) is 15.1. The third-order valence-corrected chi connectivity index (χ3v) is 7.05. The van der Waals surface area contributed by atoms with Gasteiger partial charge in [-0.1, -0.05) is 47.1 Å². The Hall–Kier alpha value is -2.26. The largest absolute Gasteiger partial charge is 0.359 e. The number of nitrogens with zero attached hydrogens (tertiary/aromatic N) is 3. The van der Waals surface area contributed by atoms with Gasteiger partial charge in [0.15, 0.2) is 5.76 Å². The van der Waals surface area contributed by atoms with Gasteiger partial charge in [-0.05, 0) is 18.2 Å². The minimum Gasteiger partial charge on any atom is -0.359 e. The molecule has 152 valence electrons. The summed E-state index contributed by atoms with van der Waals surface area (Å²) < 4.78 is 45.7. The molecule has 0 atom stereocenters. The molecule has 0 spiro atoms. The molecule has 1 aliphatic heterocycles. The van der Waals surface area contributed by atoms with Gasteiger partial charge < -0.3 is 4.52 Å². The SMILES string of the molecule is O=S(=O)(c1ccc(F)c(Cl)c1)N1CCN(Cc2cc(-c3ccccc3)no2)CC1. The van der Waals surface area contributed by atoms with Crippen molar-refractivity contribution >= 4 is 21.6 Å². The van der Waals surface area contributed by atoms with Crippen LogP contribution in [0.3, 0.4) is 0 Å². The van der Waals surface area contributed by atoms with Crippen molar-refractivity contribution in [2.45, 2.75) is 11.4 Å². The molecule has 0 radical (unpaired) electrons. The average molecular weight is 436 g/mol. The van der Waals surface area contributed by atoms with Gasteiger partial charge in [0.25, 0.3) is 0 Å². The summed E-state index contributed by atoms with van der Waals surface area (Å²) in [6.45, 7) is 2.31. The third-order valence-electron chi connectivity index (χ3n) is 4.87. The smallest absolute Gasteiger partial charge is 0.243 e. The van der Waals surface area contributed by atoms with Crippen LogP contribution in [0.5, 0.6) is 0 Å². The maximum atomic E-state index is 13.3. The normalized spacial score (nSPS) is 16.2. The Kier molecular flexibility index (Phi) is 5.69. The Labute approximate surface area is 173 Å². The molecule has 4 rings (SSSR count). The number of sulfonamides is 1. The summed E-state index contributed by atoms with van der Waals surface area (Å²) in [5, 5.41) is 3.91. The van der Waals surface area contributed by atoms with Crippen molar-refractivity contribution in [1.82, 2.24) is 14.4 Å². The maximum Gasteiger partial charge on any atom is 0.243 e. The fourth-order valence-electron chi connectivity index (χ4n) is 3.27. The lowest BCUT2D eigenvalue weighted by Gasteiger charge is -2.33. The van der Waals surface area contributed by atoms with Gasteiger partial charge in [-0.25, -0.2) is 12.8 Å². The van der Waals surface area contributed by atoms with Crippen LogP contribution in [0.2, 0.25) is 5.02 Å². The number of hydrogen-bond acceptors (Lipinski definition) is 5. The minimum absolute atomic E-state index is 0.0000810. The maximum absolute atomic E-state index is 13.3. The first-order valence-electron chi connectivity index (χ1n) is 9.12. The highest BCUT2D eigenvalue weighted by molar-refractivity contribution is 7.89. The summed E-state index contributed by atoms with van der Waals surface area (Å²) in [5.74, 6) is 0.0860. The minimum atomic E-state index is -3.71. The van der Waals surface area contributed by atoms with Crippen molar-refractivity contribution in [3.05, 3.63) is 71.2 Å². The molecule has 2 aromatic carbocycles. The van der Waals surface area contributed by atoms with Crippen LogP contribution < -0.4 is 0 Å². The molecule has 6 nitrogen and oxygen atoms in total. The number of hydrogen-bond donors (Lipinski definition) is 0. The van der Waals surface area contributed by atoms with E-state index in [9.17, 15) is 12.8 Å². The molecule has 3 aromatic rings. The molecule has 0 aliphatic carbocycles. The van der Waals surface area contributed by atoms with Crippen LogP contribution in [0, 0.1) is 5.82 Å². The van der Waals surface area contributed by atoms with Gasteiger partial charge in [0.2, 0.25) is 10.0 Å². The van der Waals surface area contributed by atoms with Crippen LogP contribution in [-0.4, -0.2) is 49.0 Å². The van der Waals surface area contributed by atoms with Crippen molar-refractivity contribution < 1.29 is 17.3 Å². The van der Waals surface area contributed by atoms with Gasteiger partial charge in [-0.3, -0.25) is 4.90 Å². The van der Waals surface area contributed by atoms with Crippen LogP contribution in [0.4, 0.5) is 4.39 Å². The molecule has 9 heteroatoms. The zero-order valence-corrected chi connectivity index (χ0v) is 17.0. The van der Waals surface area contributed by atoms with Crippen molar-refractivity contribution in [1.29, 1.82) is 0 Å². The second-order valence-corrected chi connectivity index (χ2v) is 9.15. The van der Waals surface area contributed by atoms with E-state index >= 15 is 0 Å². The summed E-state index contributed by atoms with van der Waals surface area (Å²) in [6.07, 6.45) is 0. The van der Waals surface area contributed by atoms with Crippen molar-refractivity contribution in [2.24, 2.45) is 0 Å². The molecule has 1 aromatic heterocycles. The third kappa shape index (κ3) is 4.35. The van der Waals surface area contributed by atoms with Crippen molar-refractivity contribution in [2.75, 3.05) is 26.2 Å². The predicted octanol–water partition coefficient (Wildman–Crippen LogP) is 3.64. The second-order valence-electron chi connectivity index (χ2n) is 6.80. The van der Waals surface area contributed by atoms with Gasteiger partial charge in [0, 0.05) is 37.8 Å². The highest BCUT2D eigenvalue weighted by atomic mass is 35.5. The van der Waals surface area contributed by atoms with Crippen molar-refractivity contribution in [3.8, 4) is 11.3 Å². The number of aromatic nitrogens is 1. The lowest BCUT2D eigenvalue weighted by Crippen LogP contribution is -2.48. The number of benzene rings is 2. The van der Waals surface area contributed by atoms with Crippen LogP contribution in [-0.2, 0) is 16.6 Å². The molecule has 1 fully saturated rings. The van der Waals surface area contributed by atoms with Crippen molar-refractivity contribution in [3.63, 3.8) is 0 Å². The lowest BCUT2D eigenvalue weighted by molar-refractivity contribution is 0.166. The fraction of sp³-hybridized carbons (Fsp3) is 0.250. The molecule has 29 heavy (non-hydrogen) atoms. The molecule has 1 aliphatic rings. The van der Waals surface area contributed by atoms with E-state index in [2.05, 4.69) is 10.1 Å². The van der Waals surface area contributed by atoms with Gasteiger partial charge in [-0.15, -0.1) is 0 Å². The summed E-state index contributed by atoms with van der Waals surface area (Å²) in [4.78, 5) is 2.11. The zero-order chi connectivity index (χ0) is 20.4. The first kappa shape index (κ1) is 20.0. The first-order chi connectivity index (χ1) is 13.9. The predicted molar refractivity (Wildman–Crippen MR) is 107 cm³/mol. The summed E-state index contributed by atoms with van der Waals surface area (Å²) in [5.41, 5.74) is 1.76. The van der Waals surface area contributed by atoms with E-state index in [1.165, 1.54) is 10.4 Å². The molecule has 0 N–H and O–H groups in total. The Morgan fingerprint density at radius 2 is 1.76 bits per heavy atom. The Morgan fingerprint density at radius 3 is 2.45 bits per heavy atom. The molecular weight excluding hydrogens is 417 g/mol. The van der Waals surface area contributed by atoms with Crippen LogP contribution in [0.1, 0.15) is 5.76 Å². The Bertz CT molecular complexity index is 1100. The quantitative estimate of drug-likeness (QED) is 0.612. The highest BCUT2D eigenvalue weighted by Crippen LogP contribution is 2.24. The monoisotopic (exact) mass is 435 g/mol. The van der Waals surface area contributed by atoms with E-state index in [-0.39, 0.29) is 9.92 Å². The van der Waals surface area contributed by atoms with E-state index in [0.29, 0.717) is 32.7 Å². The first-order valence-corrected chi connectivity index (χ1v) is 10.9. The van der Waals surface area contributed by atoms with E-state index in [1.54, 1.807) is 0 Å². The molecule has 0 unspecified atom stereocenters. The Morgan fingerprint density at radius 1 is 1.03 bits per heavy atom. The van der Waals surface area contributed by atoms with Crippen LogP contribution in [0.15, 0.2) is 64.0 Å². The standard InChI is InChI=1S/C20H19ClFN3O3S/c21-18-13-17(6-7-19(18)22)29(26,27)25-10-8-24(9-11-25)14-16-12-20(23-28-16)15-4-2-1-3-5-15/h1-7,12-13H,8-11,14H2.